The lowest BCUT2D eigenvalue weighted by molar-refractivity contribution is -0.136. The van der Waals surface area contributed by atoms with Crippen LogP contribution in [0.2, 0.25) is 0 Å². The molecule has 0 bridgehead atoms. The van der Waals surface area contributed by atoms with Gasteiger partial charge in [-0.3, -0.25) is 4.79 Å². The maximum absolute atomic E-state index is 12.7. The van der Waals surface area contributed by atoms with Crippen LogP contribution in [0.1, 0.15) is 358 Å². The van der Waals surface area contributed by atoms with E-state index < -0.39 is 18.1 Å². The number of rotatable bonds is 23. The fraction of sp³-hybridized carbons (Fsp3) is 0.696. The molecule has 0 aromatic heterocycles. The van der Waals surface area contributed by atoms with E-state index in [4.69, 9.17) is 53.3 Å². The second kappa shape index (κ2) is 37.1. The molecule has 0 saturated heterocycles. The molecular weight excluding hydrogens is 1600 g/mol. The van der Waals surface area contributed by atoms with Crippen molar-refractivity contribution in [2.45, 2.75) is 384 Å². The summed E-state index contributed by atoms with van der Waals surface area (Å²) in [6.07, 6.45) is 35.1. The SMILES string of the molecule is C=C(N)NCCCC(N)C(=O)Oc1cc(C)c2c(c1)C[C@@H]1[C@@]3(C)CCCC(C)(C)[C@@H]3CC[C@@]21C.C=C(N)NCCCC(N)C(=O)Oc1cc(C)c2c(c1)C[C@@H]1[C@@]3(C)CCCC(C)(C)[C@@H]3CC[C@]21C.C=C(N)NCCCC(N)C(=O)Oc1cc(C)c2c(c1)C[C@H]1[C@@]3(C)CCCC(C)(C)[C@@H]3CC[C@@]21C.CCC(=O)Oc1cc(C)c2c(c1)C[C@@H]1[C@@]3(C)CCCC(C)(C)[C@@H]3CC[C@@]21C. The Balaban J connectivity index is 0.000000147. The number of hydrogen-bond donors (Lipinski definition) is 9. The van der Waals surface area contributed by atoms with Crippen molar-refractivity contribution in [3.8, 4) is 23.0 Å². The van der Waals surface area contributed by atoms with E-state index in [1.165, 1.54) is 190 Å². The first-order chi connectivity index (χ1) is 60.3. The van der Waals surface area contributed by atoms with Crippen molar-refractivity contribution in [1.29, 1.82) is 0 Å². The predicted octanol–water partition coefficient (Wildman–Crippen LogP) is 21.6. The lowest BCUT2D eigenvalue weighted by Gasteiger charge is -2.61. The molecule has 17 heteroatoms. The largest absolute Gasteiger partial charge is 0.427 e. The van der Waals surface area contributed by atoms with E-state index in [1.54, 1.807) is 5.56 Å². The summed E-state index contributed by atoms with van der Waals surface area (Å²) in [4.78, 5) is 49.8. The second-order valence-electron chi connectivity index (χ2n) is 48.2. The molecule has 712 valence electrons. The average molecular weight is 1770 g/mol. The van der Waals surface area contributed by atoms with E-state index in [-0.39, 0.29) is 45.5 Å². The Hall–Kier alpha value is -7.34. The van der Waals surface area contributed by atoms with Gasteiger partial charge in [0, 0.05) is 26.1 Å². The van der Waals surface area contributed by atoms with Crippen LogP contribution in [-0.2, 0) is 66.5 Å². The molecule has 12 aliphatic rings. The van der Waals surface area contributed by atoms with Gasteiger partial charge in [0.25, 0.3) is 0 Å². The van der Waals surface area contributed by atoms with Gasteiger partial charge in [0.2, 0.25) is 0 Å². The van der Waals surface area contributed by atoms with Crippen LogP contribution in [0.5, 0.6) is 23.0 Å². The van der Waals surface area contributed by atoms with Gasteiger partial charge in [-0.05, 0) is 422 Å². The molecule has 0 amide bonds. The summed E-state index contributed by atoms with van der Waals surface area (Å²) in [6.45, 7) is 63.7. The first-order valence-electron chi connectivity index (χ1n) is 50.5. The van der Waals surface area contributed by atoms with Gasteiger partial charge in [0.05, 0.1) is 17.5 Å². The van der Waals surface area contributed by atoms with Gasteiger partial charge < -0.3 is 69.3 Å². The van der Waals surface area contributed by atoms with Gasteiger partial charge in [-0.2, -0.15) is 0 Å². The molecule has 129 heavy (non-hydrogen) atoms. The van der Waals surface area contributed by atoms with Crippen LogP contribution >= 0.6 is 0 Å². The summed E-state index contributed by atoms with van der Waals surface area (Å²) < 4.78 is 22.9. The summed E-state index contributed by atoms with van der Waals surface area (Å²) in [5, 5.41) is 8.87. The highest BCUT2D eigenvalue weighted by Crippen LogP contribution is 2.73. The first kappa shape index (κ1) is 99.1. The molecule has 17 nitrogen and oxygen atoms in total. The number of aryl methyl sites for hydroxylation is 4. The van der Waals surface area contributed by atoms with Crippen molar-refractivity contribution in [1.82, 2.24) is 16.0 Å². The standard InChI is InChI=1S/3C29H45N3O2.C25H36O2/c3*1-18-15-21(34-26(33)22(31)9-7-14-32-19(2)30)16-20-17-24-28(5)12-8-11-27(3,4)23(28)10-13-29(24,6)25(18)20;1-7-21(26)27-18-13-16(2)22-17(14-18)15-20-24(5)11-8-10-23(3,4)19(24)9-12-25(20,22)6/h3*15-16,22-24,32H,2,7-14,17,30-31H2,1,3-6H3;13-14,19-20H,7-12,15H2,1-6H3/t22?,23-,24+,28-,29+;22?,23-,24+,28-,29-;22?,23-,24-,28-,29+;19-,20+,24-,25+/m0000/s1. The van der Waals surface area contributed by atoms with Crippen LogP contribution in [0.15, 0.2) is 85.7 Å². The lowest BCUT2D eigenvalue weighted by Crippen LogP contribution is -2.55. The molecule has 4 aromatic rings. The van der Waals surface area contributed by atoms with Crippen molar-refractivity contribution in [3.05, 3.63) is 152 Å². The normalized spacial score (nSPS) is 33.1. The molecule has 0 aliphatic heterocycles. The lowest BCUT2D eigenvalue weighted by atomic mass is 9.43. The Kier molecular flexibility index (Phi) is 28.5. The number of nitrogens with one attached hydrogen (secondary N) is 3. The third-order valence-corrected chi connectivity index (χ3v) is 37.9. The minimum Gasteiger partial charge on any atom is -0.427 e. The van der Waals surface area contributed by atoms with E-state index >= 15 is 0 Å². The zero-order valence-electron chi connectivity index (χ0n) is 83.9. The first-order valence-corrected chi connectivity index (χ1v) is 50.5. The van der Waals surface area contributed by atoms with Gasteiger partial charge in [-0.25, -0.2) is 14.4 Å². The average Bonchev–Trinajstić information content (AvgIpc) is 1.58. The van der Waals surface area contributed by atoms with Crippen LogP contribution in [0, 0.1) is 118 Å². The molecule has 0 radical (unpaired) electrons. The van der Waals surface area contributed by atoms with Crippen molar-refractivity contribution in [2.75, 3.05) is 19.6 Å². The zero-order valence-corrected chi connectivity index (χ0v) is 83.9. The van der Waals surface area contributed by atoms with Crippen LogP contribution in [0.3, 0.4) is 0 Å². The minimum absolute atomic E-state index is 0.142. The van der Waals surface area contributed by atoms with Crippen molar-refractivity contribution >= 4 is 23.9 Å². The molecule has 0 spiro atoms. The Morgan fingerprint density at radius 1 is 0.341 bits per heavy atom. The summed E-state index contributed by atoms with van der Waals surface area (Å²) in [7, 11) is 0. The van der Waals surface area contributed by atoms with E-state index in [9.17, 15) is 19.2 Å². The molecule has 15 N–H and O–H groups in total. The van der Waals surface area contributed by atoms with Gasteiger partial charge in [0.15, 0.2) is 0 Å². The highest BCUT2D eigenvalue weighted by atomic mass is 16.5. The third-order valence-electron chi connectivity index (χ3n) is 37.9. The van der Waals surface area contributed by atoms with Gasteiger partial charge in [-0.1, -0.05) is 163 Å². The fourth-order valence-electron chi connectivity index (χ4n) is 32.8. The molecule has 8 saturated carbocycles. The van der Waals surface area contributed by atoms with Crippen LogP contribution in [-0.4, -0.2) is 61.6 Å². The maximum Gasteiger partial charge on any atom is 0.328 e. The number of esters is 4. The van der Waals surface area contributed by atoms with Crippen molar-refractivity contribution in [3.63, 3.8) is 0 Å². The van der Waals surface area contributed by atoms with E-state index in [0.29, 0.717) is 147 Å². The van der Waals surface area contributed by atoms with Crippen molar-refractivity contribution in [2.24, 2.45) is 125 Å². The summed E-state index contributed by atoms with van der Waals surface area (Å²) in [6, 6.07) is 14.9. The predicted molar refractivity (Wildman–Crippen MR) is 525 cm³/mol. The number of carbonyl (C=O) groups is 4. The number of benzene rings is 4. The summed E-state index contributed by atoms with van der Waals surface area (Å²) in [5.74, 6) is 8.49. The van der Waals surface area contributed by atoms with Crippen LogP contribution in [0.25, 0.3) is 0 Å². The maximum atomic E-state index is 12.7. The Bertz CT molecular complexity index is 4520. The number of nitrogens with two attached hydrogens (primary N) is 6. The highest BCUT2D eigenvalue weighted by Gasteiger charge is 2.66. The van der Waals surface area contributed by atoms with Crippen LogP contribution in [0.4, 0.5) is 0 Å². The molecule has 0 heterocycles. The van der Waals surface area contributed by atoms with E-state index in [1.807, 2.05) is 6.92 Å². The topological polar surface area (TPSA) is 297 Å². The second-order valence-corrected chi connectivity index (χ2v) is 48.2. The minimum atomic E-state index is -0.648. The molecule has 8 fully saturated rings. The zero-order chi connectivity index (χ0) is 94.3. The number of carbonyl (C=O) groups excluding carboxylic acids is 4. The Morgan fingerprint density at radius 3 is 0.767 bits per heavy atom. The van der Waals surface area contributed by atoms with Gasteiger partial charge in [0.1, 0.15) is 41.1 Å². The highest BCUT2D eigenvalue weighted by molar-refractivity contribution is 5.80. The van der Waals surface area contributed by atoms with E-state index in [0.717, 1.165) is 74.4 Å². The molecule has 19 atom stereocenters. The summed E-state index contributed by atoms with van der Waals surface area (Å²) in [5.41, 5.74) is 55.7. The number of hydrogen-bond acceptors (Lipinski definition) is 17. The monoisotopic (exact) mass is 1770 g/mol. The third kappa shape index (κ3) is 18.9. The smallest absolute Gasteiger partial charge is 0.328 e. The van der Waals surface area contributed by atoms with E-state index in [2.05, 4.69) is 223 Å². The Labute approximate surface area is 777 Å². The van der Waals surface area contributed by atoms with Gasteiger partial charge in [-0.15, -0.1) is 0 Å². The fourth-order valence-corrected chi connectivity index (χ4v) is 32.8. The number of ether oxygens (including phenoxy) is 4. The van der Waals surface area contributed by atoms with Gasteiger partial charge >= 0.3 is 23.9 Å². The molecule has 12 aliphatic carbocycles. The quantitative estimate of drug-likeness (QED) is 0.0189. The molecule has 16 rings (SSSR count). The molecular formula is C112H171N9O8. The Morgan fingerprint density at radius 2 is 0.558 bits per heavy atom. The summed E-state index contributed by atoms with van der Waals surface area (Å²) >= 11 is 0. The number of fused-ring (bicyclic) bond motifs is 20. The van der Waals surface area contributed by atoms with Crippen molar-refractivity contribution < 1.29 is 38.1 Å². The molecule has 4 aromatic carbocycles. The van der Waals surface area contributed by atoms with Crippen LogP contribution < -0.4 is 69.3 Å². The molecule has 3 unspecified atom stereocenters.